The van der Waals surface area contributed by atoms with Gasteiger partial charge in [-0.3, -0.25) is 4.98 Å². The summed E-state index contributed by atoms with van der Waals surface area (Å²) in [5.74, 6) is 0.742. The molecule has 2 aromatic carbocycles. The van der Waals surface area contributed by atoms with Gasteiger partial charge in [0.05, 0.1) is 31.1 Å². The fourth-order valence-electron chi connectivity index (χ4n) is 2.76. The molecule has 0 atom stereocenters. The van der Waals surface area contributed by atoms with Crippen LogP contribution in [0.25, 0.3) is 11.6 Å². The molecule has 0 aliphatic carbocycles. The Labute approximate surface area is 175 Å². The van der Waals surface area contributed by atoms with Gasteiger partial charge in [-0.1, -0.05) is 24.3 Å². The van der Waals surface area contributed by atoms with E-state index in [1.807, 2.05) is 24.3 Å². The highest BCUT2D eigenvalue weighted by Crippen LogP contribution is 2.30. The Balaban J connectivity index is 1.75. The predicted octanol–water partition coefficient (Wildman–Crippen LogP) is 4.52. The molecule has 6 nitrogen and oxygen atoms in total. The van der Waals surface area contributed by atoms with Crippen molar-refractivity contribution in [3.8, 4) is 17.6 Å². The molecule has 3 aromatic rings. The number of carbonyl (C=O) groups excluding carboxylic acids is 1. The van der Waals surface area contributed by atoms with Gasteiger partial charge in [0.2, 0.25) is 0 Å². The first-order chi connectivity index (χ1) is 14.6. The predicted molar refractivity (Wildman–Crippen MR) is 113 cm³/mol. The van der Waals surface area contributed by atoms with E-state index >= 15 is 0 Å². The second-order valence-corrected chi connectivity index (χ2v) is 6.27. The number of allylic oxidation sites excluding steroid dienone is 1. The Morgan fingerprint density at radius 1 is 1.07 bits per heavy atom. The molecule has 0 fully saturated rings. The normalized spacial score (nSPS) is 10.8. The van der Waals surface area contributed by atoms with Gasteiger partial charge in [-0.05, 0) is 53.6 Å². The molecule has 0 unspecified atom stereocenters. The Kier molecular flexibility index (Phi) is 6.80. The summed E-state index contributed by atoms with van der Waals surface area (Å²) >= 11 is 0. The minimum Gasteiger partial charge on any atom is -0.493 e. The second-order valence-electron chi connectivity index (χ2n) is 6.27. The van der Waals surface area contributed by atoms with E-state index in [0.29, 0.717) is 34.9 Å². The average Bonchev–Trinajstić information content (AvgIpc) is 2.81. The van der Waals surface area contributed by atoms with E-state index in [9.17, 15) is 10.1 Å². The van der Waals surface area contributed by atoms with Gasteiger partial charge in [-0.2, -0.15) is 5.26 Å². The number of ether oxygens (including phenoxy) is 3. The van der Waals surface area contributed by atoms with Crippen LogP contribution < -0.4 is 9.47 Å². The number of esters is 1. The average molecular weight is 400 g/mol. The molecule has 0 N–H and O–H groups in total. The van der Waals surface area contributed by atoms with Gasteiger partial charge >= 0.3 is 5.97 Å². The summed E-state index contributed by atoms with van der Waals surface area (Å²) in [4.78, 5) is 15.7. The van der Waals surface area contributed by atoms with Crippen LogP contribution in [0, 0.1) is 11.3 Å². The third-order valence-corrected chi connectivity index (χ3v) is 4.33. The van der Waals surface area contributed by atoms with Crippen molar-refractivity contribution in [3.63, 3.8) is 0 Å². The number of carbonyl (C=O) groups is 1. The number of pyridine rings is 1. The van der Waals surface area contributed by atoms with E-state index in [0.717, 1.165) is 11.1 Å². The van der Waals surface area contributed by atoms with Crippen LogP contribution in [-0.2, 0) is 11.3 Å². The molecular weight excluding hydrogens is 380 g/mol. The summed E-state index contributed by atoms with van der Waals surface area (Å²) in [6, 6.07) is 20.0. The lowest BCUT2D eigenvalue weighted by atomic mass is 10.1. The lowest BCUT2D eigenvalue weighted by Crippen LogP contribution is -2.02. The van der Waals surface area contributed by atoms with Gasteiger partial charge in [0.1, 0.15) is 12.7 Å². The van der Waals surface area contributed by atoms with Gasteiger partial charge in [-0.15, -0.1) is 0 Å². The van der Waals surface area contributed by atoms with Crippen molar-refractivity contribution in [1.82, 2.24) is 4.98 Å². The fourth-order valence-corrected chi connectivity index (χ4v) is 2.76. The van der Waals surface area contributed by atoms with Crippen LogP contribution in [0.15, 0.2) is 66.9 Å². The van der Waals surface area contributed by atoms with Crippen molar-refractivity contribution in [3.05, 3.63) is 89.2 Å². The lowest BCUT2D eigenvalue weighted by Gasteiger charge is -2.12. The maximum absolute atomic E-state index is 11.5. The van der Waals surface area contributed by atoms with Crippen molar-refractivity contribution in [2.24, 2.45) is 0 Å². The maximum Gasteiger partial charge on any atom is 0.337 e. The molecule has 0 aliphatic heterocycles. The molecule has 0 saturated heterocycles. The molecule has 1 heterocycles. The van der Waals surface area contributed by atoms with Crippen LogP contribution >= 0.6 is 0 Å². The van der Waals surface area contributed by atoms with Gasteiger partial charge in [0.15, 0.2) is 11.5 Å². The van der Waals surface area contributed by atoms with E-state index < -0.39 is 0 Å². The highest BCUT2D eigenvalue weighted by atomic mass is 16.5. The van der Waals surface area contributed by atoms with Gasteiger partial charge in [0.25, 0.3) is 0 Å². The third-order valence-electron chi connectivity index (χ3n) is 4.33. The molecular formula is C24H20N2O4. The zero-order valence-corrected chi connectivity index (χ0v) is 16.7. The molecule has 0 spiro atoms. The Morgan fingerprint density at radius 2 is 1.87 bits per heavy atom. The highest BCUT2D eigenvalue weighted by Gasteiger charge is 2.09. The van der Waals surface area contributed by atoms with Crippen LogP contribution in [0.2, 0.25) is 0 Å². The summed E-state index contributed by atoms with van der Waals surface area (Å²) in [7, 11) is 2.91. The van der Waals surface area contributed by atoms with Crippen molar-refractivity contribution in [2.45, 2.75) is 6.61 Å². The summed E-state index contributed by atoms with van der Waals surface area (Å²) in [6.45, 7) is 0.310. The number of benzene rings is 2. The summed E-state index contributed by atoms with van der Waals surface area (Å²) in [5.41, 5.74) is 3.24. The number of nitriles is 1. The first-order valence-electron chi connectivity index (χ1n) is 9.16. The number of aromatic nitrogens is 1. The smallest absolute Gasteiger partial charge is 0.337 e. The minimum absolute atomic E-state index is 0.310. The summed E-state index contributed by atoms with van der Waals surface area (Å²) in [5, 5.41) is 9.46. The van der Waals surface area contributed by atoms with Crippen molar-refractivity contribution < 1.29 is 19.0 Å². The van der Waals surface area contributed by atoms with E-state index in [4.69, 9.17) is 14.2 Å². The van der Waals surface area contributed by atoms with Crippen molar-refractivity contribution >= 4 is 17.6 Å². The summed E-state index contributed by atoms with van der Waals surface area (Å²) in [6.07, 6.45) is 3.40. The SMILES string of the molecule is COC(=O)c1ccc(COc2ccc(C=C(C#N)c3ccccn3)cc2OC)cc1. The van der Waals surface area contributed by atoms with E-state index in [1.165, 1.54) is 7.11 Å². The number of hydrogen-bond donors (Lipinski definition) is 0. The first-order valence-corrected chi connectivity index (χ1v) is 9.16. The van der Waals surface area contributed by atoms with Crippen molar-refractivity contribution in [2.75, 3.05) is 14.2 Å². The molecule has 30 heavy (non-hydrogen) atoms. The maximum atomic E-state index is 11.5. The number of nitrogens with zero attached hydrogens (tertiary/aromatic N) is 2. The van der Waals surface area contributed by atoms with Gasteiger partial charge in [-0.25, -0.2) is 4.79 Å². The standard InChI is InChI=1S/C24H20N2O4/c1-28-23-14-18(13-20(15-25)21-5-3-4-12-26-21)8-11-22(23)30-16-17-6-9-19(10-7-17)24(27)29-2/h3-14H,16H2,1-2H3. The van der Waals surface area contributed by atoms with E-state index in [-0.39, 0.29) is 5.97 Å². The number of methoxy groups -OCH3 is 2. The molecule has 3 rings (SSSR count). The van der Waals surface area contributed by atoms with E-state index in [1.54, 1.807) is 55.8 Å². The highest BCUT2D eigenvalue weighted by molar-refractivity contribution is 5.89. The van der Waals surface area contributed by atoms with Crippen LogP contribution in [-0.4, -0.2) is 25.2 Å². The largest absolute Gasteiger partial charge is 0.493 e. The Morgan fingerprint density at radius 3 is 2.50 bits per heavy atom. The molecule has 1 aromatic heterocycles. The molecule has 150 valence electrons. The third kappa shape index (κ3) is 5.03. The van der Waals surface area contributed by atoms with Crippen LogP contribution in [0.1, 0.15) is 27.2 Å². The molecule has 0 bridgehead atoms. The Hall–Kier alpha value is -4.11. The van der Waals surface area contributed by atoms with Crippen LogP contribution in [0.4, 0.5) is 0 Å². The quantitative estimate of drug-likeness (QED) is 0.428. The van der Waals surface area contributed by atoms with Gasteiger partial charge in [0, 0.05) is 6.20 Å². The first kappa shape index (κ1) is 20.6. The Bertz CT molecular complexity index is 1080. The van der Waals surface area contributed by atoms with Crippen LogP contribution in [0.3, 0.4) is 0 Å². The number of hydrogen-bond acceptors (Lipinski definition) is 6. The van der Waals surface area contributed by atoms with E-state index in [2.05, 4.69) is 11.1 Å². The minimum atomic E-state index is -0.379. The number of rotatable bonds is 7. The fraction of sp³-hybridized carbons (Fsp3) is 0.125. The molecule has 6 heteroatoms. The lowest BCUT2D eigenvalue weighted by molar-refractivity contribution is 0.0600. The molecule has 0 saturated carbocycles. The van der Waals surface area contributed by atoms with Crippen molar-refractivity contribution in [1.29, 1.82) is 5.26 Å². The van der Waals surface area contributed by atoms with Crippen LogP contribution in [0.5, 0.6) is 11.5 Å². The summed E-state index contributed by atoms with van der Waals surface area (Å²) < 4.78 is 16.0. The second kappa shape index (κ2) is 9.89. The topological polar surface area (TPSA) is 81.4 Å². The molecule has 0 radical (unpaired) electrons. The monoisotopic (exact) mass is 400 g/mol. The molecule has 0 amide bonds. The molecule has 0 aliphatic rings. The van der Waals surface area contributed by atoms with Gasteiger partial charge < -0.3 is 14.2 Å². The zero-order chi connectivity index (χ0) is 21.3. The zero-order valence-electron chi connectivity index (χ0n) is 16.7.